The van der Waals surface area contributed by atoms with Crippen molar-refractivity contribution in [3.63, 3.8) is 0 Å². The van der Waals surface area contributed by atoms with Gasteiger partial charge in [-0.1, -0.05) is 24.9 Å². The van der Waals surface area contributed by atoms with E-state index in [0.717, 1.165) is 12.8 Å². The maximum absolute atomic E-state index is 12.1. The van der Waals surface area contributed by atoms with Crippen molar-refractivity contribution in [2.24, 2.45) is 5.92 Å². The minimum Gasteiger partial charge on any atom is -0.481 e. The van der Waals surface area contributed by atoms with Crippen molar-refractivity contribution >= 4 is 39.4 Å². The van der Waals surface area contributed by atoms with Crippen LogP contribution in [-0.2, 0) is 4.79 Å². The molecule has 1 rings (SSSR count). The van der Waals surface area contributed by atoms with Gasteiger partial charge in [-0.15, -0.1) is 0 Å². The van der Waals surface area contributed by atoms with E-state index in [0.29, 0.717) is 21.5 Å². The number of nitrogens with one attached hydrogen (secondary N) is 1. The molecule has 0 saturated heterocycles. The lowest BCUT2D eigenvalue weighted by atomic mass is 10.0. The Morgan fingerprint density at radius 1 is 1.33 bits per heavy atom. The lowest BCUT2D eigenvalue weighted by molar-refractivity contribution is -0.141. The van der Waals surface area contributed by atoms with Crippen LogP contribution in [0, 0.1) is 5.92 Å². The van der Waals surface area contributed by atoms with Gasteiger partial charge in [-0.25, -0.2) is 0 Å². The van der Waals surface area contributed by atoms with Crippen molar-refractivity contribution in [3.8, 4) is 0 Å². The zero-order valence-electron chi connectivity index (χ0n) is 12.0. The van der Waals surface area contributed by atoms with Crippen molar-refractivity contribution in [1.29, 1.82) is 0 Å². The van der Waals surface area contributed by atoms with Crippen LogP contribution in [0.2, 0.25) is 5.02 Å². The molecule has 4 nitrogen and oxygen atoms in total. The molecule has 0 bridgehead atoms. The highest BCUT2D eigenvalue weighted by Crippen LogP contribution is 2.21. The second-order valence-corrected chi connectivity index (χ2v) is 6.46. The van der Waals surface area contributed by atoms with Gasteiger partial charge in [-0.2, -0.15) is 0 Å². The molecule has 116 valence electrons. The van der Waals surface area contributed by atoms with Crippen LogP contribution in [0.3, 0.4) is 0 Å². The van der Waals surface area contributed by atoms with Crippen molar-refractivity contribution < 1.29 is 14.7 Å². The Hall–Kier alpha value is -1.07. The normalized spacial score (nSPS) is 13.5. The predicted octanol–water partition coefficient (Wildman–Crippen LogP) is 4.11. The molecule has 1 aromatic rings. The van der Waals surface area contributed by atoms with Gasteiger partial charge in [0.1, 0.15) is 0 Å². The fourth-order valence-corrected chi connectivity index (χ4v) is 2.76. The van der Waals surface area contributed by atoms with Gasteiger partial charge in [0.05, 0.1) is 11.5 Å². The zero-order chi connectivity index (χ0) is 16.0. The summed E-state index contributed by atoms with van der Waals surface area (Å²) < 4.78 is 0.652. The third kappa shape index (κ3) is 6.06. The molecule has 0 radical (unpaired) electrons. The highest BCUT2D eigenvalue weighted by Gasteiger charge is 2.14. The Morgan fingerprint density at radius 2 is 2.00 bits per heavy atom. The topological polar surface area (TPSA) is 66.4 Å². The minimum absolute atomic E-state index is 0.0129. The SMILES string of the molecule is CC(CCCC(C)C(=O)O)NC(=O)c1ccc(Cl)cc1Br. The second-order valence-electron chi connectivity index (χ2n) is 5.17. The van der Waals surface area contributed by atoms with E-state index in [-0.39, 0.29) is 17.9 Å². The molecule has 0 aromatic heterocycles. The standard InChI is InChI=1S/C15H19BrClNO3/c1-9(15(20)21)4-3-5-10(2)18-14(19)12-7-6-11(17)8-13(12)16/h6-10H,3-5H2,1-2H3,(H,18,19)(H,20,21). The Balaban J connectivity index is 2.45. The van der Waals surface area contributed by atoms with Crippen molar-refractivity contribution in [2.75, 3.05) is 0 Å². The lowest BCUT2D eigenvalue weighted by Gasteiger charge is -2.15. The molecule has 0 heterocycles. The van der Waals surface area contributed by atoms with E-state index >= 15 is 0 Å². The number of halogens is 2. The first kappa shape index (κ1) is 18.0. The fraction of sp³-hybridized carbons (Fsp3) is 0.467. The molecule has 0 aliphatic heterocycles. The van der Waals surface area contributed by atoms with Gasteiger partial charge in [0, 0.05) is 15.5 Å². The Bertz CT molecular complexity index is 522. The second kappa shape index (κ2) is 8.39. The highest BCUT2D eigenvalue weighted by atomic mass is 79.9. The summed E-state index contributed by atoms with van der Waals surface area (Å²) in [6.45, 7) is 3.60. The van der Waals surface area contributed by atoms with Crippen LogP contribution in [-0.4, -0.2) is 23.0 Å². The predicted molar refractivity (Wildman–Crippen MR) is 86.7 cm³/mol. The first-order valence-corrected chi connectivity index (χ1v) is 7.97. The average molecular weight is 377 g/mol. The highest BCUT2D eigenvalue weighted by molar-refractivity contribution is 9.10. The number of amides is 1. The molecule has 1 amide bonds. The number of aliphatic carboxylic acids is 1. The number of hydrogen-bond acceptors (Lipinski definition) is 2. The summed E-state index contributed by atoms with van der Waals surface area (Å²) in [6, 6.07) is 5.00. The molecule has 0 aliphatic carbocycles. The van der Waals surface area contributed by atoms with Crippen LogP contribution < -0.4 is 5.32 Å². The number of rotatable bonds is 7. The van der Waals surface area contributed by atoms with Crippen LogP contribution >= 0.6 is 27.5 Å². The number of carboxylic acids is 1. The Kier molecular flexibility index (Phi) is 7.18. The summed E-state index contributed by atoms with van der Waals surface area (Å²) in [5.41, 5.74) is 0.533. The number of carbonyl (C=O) groups excluding carboxylic acids is 1. The third-order valence-corrected chi connectivity index (χ3v) is 4.14. The number of carbonyl (C=O) groups is 2. The summed E-state index contributed by atoms with van der Waals surface area (Å²) in [5.74, 6) is -1.30. The molecule has 6 heteroatoms. The van der Waals surface area contributed by atoms with Crippen LogP contribution in [0.1, 0.15) is 43.5 Å². The maximum Gasteiger partial charge on any atom is 0.306 e. The average Bonchev–Trinajstić information content (AvgIpc) is 2.37. The summed E-state index contributed by atoms with van der Waals surface area (Å²) >= 11 is 9.16. The van der Waals surface area contributed by atoms with Crippen LogP contribution in [0.15, 0.2) is 22.7 Å². The fourth-order valence-electron chi connectivity index (χ4n) is 1.90. The number of hydrogen-bond donors (Lipinski definition) is 2. The summed E-state index contributed by atoms with van der Waals surface area (Å²) in [5, 5.41) is 12.3. The first-order valence-electron chi connectivity index (χ1n) is 6.80. The molecular weight excluding hydrogens is 358 g/mol. The van der Waals surface area contributed by atoms with Gasteiger partial charge in [0.2, 0.25) is 0 Å². The number of benzene rings is 1. The monoisotopic (exact) mass is 375 g/mol. The van der Waals surface area contributed by atoms with Crippen LogP contribution in [0.25, 0.3) is 0 Å². The summed E-state index contributed by atoms with van der Waals surface area (Å²) in [4.78, 5) is 22.8. The summed E-state index contributed by atoms with van der Waals surface area (Å²) in [6.07, 6.45) is 2.12. The van der Waals surface area contributed by atoms with E-state index in [1.165, 1.54) is 0 Å². The Morgan fingerprint density at radius 3 is 2.57 bits per heavy atom. The van der Waals surface area contributed by atoms with Crippen molar-refractivity contribution in [1.82, 2.24) is 5.32 Å². The third-order valence-electron chi connectivity index (χ3n) is 3.25. The van der Waals surface area contributed by atoms with Gasteiger partial charge in [0.25, 0.3) is 5.91 Å². The molecule has 0 fully saturated rings. The smallest absolute Gasteiger partial charge is 0.306 e. The lowest BCUT2D eigenvalue weighted by Crippen LogP contribution is -2.32. The van der Waals surface area contributed by atoms with Gasteiger partial charge in [0.15, 0.2) is 0 Å². The molecule has 2 N–H and O–H groups in total. The zero-order valence-corrected chi connectivity index (χ0v) is 14.4. The molecule has 0 spiro atoms. The van der Waals surface area contributed by atoms with E-state index in [2.05, 4.69) is 21.2 Å². The van der Waals surface area contributed by atoms with Gasteiger partial charge in [-0.3, -0.25) is 9.59 Å². The van der Waals surface area contributed by atoms with Crippen molar-refractivity contribution in [3.05, 3.63) is 33.3 Å². The maximum atomic E-state index is 12.1. The van der Waals surface area contributed by atoms with Crippen LogP contribution in [0.5, 0.6) is 0 Å². The Labute approximate surface area is 138 Å². The van der Waals surface area contributed by atoms with Crippen molar-refractivity contribution in [2.45, 2.75) is 39.2 Å². The largest absolute Gasteiger partial charge is 0.481 e. The van der Waals surface area contributed by atoms with E-state index in [1.807, 2.05) is 6.92 Å². The molecule has 21 heavy (non-hydrogen) atoms. The molecule has 2 atom stereocenters. The van der Waals surface area contributed by atoms with E-state index in [4.69, 9.17) is 16.7 Å². The van der Waals surface area contributed by atoms with E-state index in [1.54, 1.807) is 25.1 Å². The molecule has 0 aliphatic rings. The molecule has 0 saturated carbocycles. The number of carboxylic acid groups (broad SMARTS) is 1. The molecule has 1 aromatic carbocycles. The summed E-state index contributed by atoms with van der Waals surface area (Å²) in [7, 11) is 0. The van der Waals surface area contributed by atoms with Gasteiger partial charge < -0.3 is 10.4 Å². The quantitative estimate of drug-likeness (QED) is 0.752. The molecular formula is C15H19BrClNO3. The first-order chi connectivity index (χ1) is 9.81. The minimum atomic E-state index is -0.781. The van der Waals surface area contributed by atoms with E-state index in [9.17, 15) is 9.59 Å². The van der Waals surface area contributed by atoms with E-state index < -0.39 is 5.97 Å². The van der Waals surface area contributed by atoms with Crippen LogP contribution in [0.4, 0.5) is 0 Å². The molecule has 2 unspecified atom stereocenters. The van der Waals surface area contributed by atoms with Gasteiger partial charge >= 0.3 is 5.97 Å². The van der Waals surface area contributed by atoms with Gasteiger partial charge in [-0.05, 0) is 53.9 Å².